The molecule has 5 nitrogen and oxygen atoms in total. The molecule has 6 heteroatoms. The van der Waals surface area contributed by atoms with Crippen molar-refractivity contribution in [3.05, 3.63) is 35.4 Å². The topological polar surface area (TPSA) is 56.7 Å². The maximum atomic E-state index is 11.8. The van der Waals surface area contributed by atoms with Crippen LogP contribution in [0.1, 0.15) is 44.7 Å². The van der Waals surface area contributed by atoms with E-state index in [1.165, 1.54) is 11.1 Å². The maximum absolute atomic E-state index is 11.8. The second kappa shape index (κ2) is 10.1. The van der Waals surface area contributed by atoms with Gasteiger partial charge in [0.1, 0.15) is 0 Å². The first-order valence-electron chi connectivity index (χ1n) is 9.18. The average molecular weight is 472 g/mol. The van der Waals surface area contributed by atoms with Gasteiger partial charge in [-0.1, -0.05) is 50.6 Å². The summed E-state index contributed by atoms with van der Waals surface area (Å²) in [7, 11) is 1.79. The molecule has 146 valence electrons. The Bertz CT molecular complexity index is 630. The zero-order valence-corrected chi connectivity index (χ0v) is 19.0. The zero-order valence-electron chi connectivity index (χ0n) is 16.6. The summed E-state index contributed by atoms with van der Waals surface area (Å²) >= 11 is 0. The lowest BCUT2D eigenvalue weighted by Crippen LogP contribution is -2.48. The molecular formula is C20H33IN4O. The first-order chi connectivity index (χ1) is 11.9. The number of benzene rings is 1. The number of aliphatic imine (C=N–C) groups is 1. The fourth-order valence-electron chi connectivity index (χ4n) is 3.19. The molecule has 0 aliphatic carbocycles. The van der Waals surface area contributed by atoms with Crippen LogP contribution >= 0.6 is 24.0 Å². The summed E-state index contributed by atoms with van der Waals surface area (Å²) in [5.74, 6) is 1.03. The number of carbonyl (C=O) groups is 1. The highest BCUT2D eigenvalue weighted by Gasteiger charge is 2.26. The van der Waals surface area contributed by atoms with Crippen LogP contribution < -0.4 is 10.6 Å². The molecule has 0 radical (unpaired) electrons. The quantitative estimate of drug-likeness (QED) is 0.394. The summed E-state index contributed by atoms with van der Waals surface area (Å²) in [6, 6.07) is 8.91. The Morgan fingerprint density at radius 2 is 2.12 bits per heavy atom. The highest BCUT2D eigenvalue weighted by Crippen LogP contribution is 2.23. The predicted octanol–water partition coefficient (Wildman–Crippen LogP) is 3.07. The van der Waals surface area contributed by atoms with E-state index < -0.39 is 0 Å². The Kier molecular flexibility index (Phi) is 8.86. The highest BCUT2D eigenvalue weighted by molar-refractivity contribution is 14.0. The number of hydrogen-bond acceptors (Lipinski definition) is 2. The first-order valence-corrected chi connectivity index (χ1v) is 9.18. The number of guanidine groups is 1. The van der Waals surface area contributed by atoms with Crippen molar-refractivity contribution in [3.63, 3.8) is 0 Å². The minimum atomic E-state index is 0. The van der Waals surface area contributed by atoms with Gasteiger partial charge in [-0.3, -0.25) is 9.79 Å². The zero-order chi connectivity index (χ0) is 18.4. The van der Waals surface area contributed by atoms with E-state index in [0.717, 1.165) is 32.0 Å². The Balaban J connectivity index is 0.00000338. The van der Waals surface area contributed by atoms with Crippen LogP contribution in [0.25, 0.3) is 0 Å². The molecule has 1 unspecified atom stereocenters. The minimum Gasteiger partial charge on any atom is -0.356 e. The second-order valence-electron chi connectivity index (χ2n) is 7.50. The van der Waals surface area contributed by atoms with Gasteiger partial charge in [0.2, 0.25) is 5.91 Å². The van der Waals surface area contributed by atoms with Crippen LogP contribution in [0.4, 0.5) is 0 Å². The third-order valence-electron chi connectivity index (χ3n) is 4.91. The third-order valence-corrected chi connectivity index (χ3v) is 4.91. The maximum Gasteiger partial charge on any atom is 0.222 e. The number of nitrogens with zero attached hydrogens (tertiary/aromatic N) is 2. The summed E-state index contributed by atoms with van der Waals surface area (Å²) in [5.41, 5.74) is 2.60. The van der Waals surface area contributed by atoms with Crippen molar-refractivity contribution < 1.29 is 4.79 Å². The molecule has 26 heavy (non-hydrogen) atoms. The second-order valence-corrected chi connectivity index (χ2v) is 7.50. The smallest absolute Gasteiger partial charge is 0.222 e. The van der Waals surface area contributed by atoms with Crippen molar-refractivity contribution in [1.82, 2.24) is 15.5 Å². The molecule has 2 rings (SSSR count). The van der Waals surface area contributed by atoms with Crippen molar-refractivity contribution in [2.24, 2.45) is 4.99 Å². The number of likely N-dealkylation sites (tertiary alicyclic amines) is 1. The Labute approximate surface area is 175 Å². The standard InChI is InChI=1S/C20H32N4O.HI/c1-6-18(25)24-11-10-17(13-24)23-19(21-5)22-14-20(3,4)16-9-7-8-15(2)12-16;/h7-9,12,17H,6,10-11,13-14H2,1-5H3,(H2,21,22,23);1H. The number of halogens is 1. The molecule has 1 heterocycles. The Morgan fingerprint density at radius 1 is 1.38 bits per heavy atom. The van der Waals surface area contributed by atoms with E-state index in [9.17, 15) is 4.79 Å². The summed E-state index contributed by atoms with van der Waals surface area (Å²) in [6.45, 7) is 10.9. The van der Waals surface area contributed by atoms with Gasteiger partial charge in [-0.15, -0.1) is 24.0 Å². The average Bonchev–Trinajstić information content (AvgIpc) is 3.06. The van der Waals surface area contributed by atoms with Crippen molar-refractivity contribution in [2.75, 3.05) is 26.7 Å². The van der Waals surface area contributed by atoms with E-state index >= 15 is 0 Å². The molecule has 1 amide bonds. The van der Waals surface area contributed by atoms with Crippen molar-refractivity contribution >= 4 is 35.8 Å². The molecule has 0 saturated carbocycles. The minimum absolute atomic E-state index is 0. The SMILES string of the molecule is CCC(=O)N1CCC(NC(=NC)NCC(C)(C)c2cccc(C)c2)C1.I. The molecule has 1 aromatic rings. The molecule has 1 saturated heterocycles. The van der Waals surface area contributed by atoms with Crippen LogP contribution in [-0.4, -0.2) is 49.5 Å². The molecule has 1 fully saturated rings. The normalized spacial score (nSPS) is 17.7. The van der Waals surface area contributed by atoms with Gasteiger partial charge in [0, 0.05) is 44.6 Å². The molecule has 2 N–H and O–H groups in total. The molecule has 0 bridgehead atoms. The van der Waals surface area contributed by atoms with Gasteiger partial charge >= 0.3 is 0 Å². The molecule has 1 aliphatic heterocycles. The first kappa shape index (κ1) is 22.7. The number of carbonyl (C=O) groups excluding carboxylic acids is 1. The Hall–Kier alpha value is -1.31. The molecule has 1 atom stereocenters. The highest BCUT2D eigenvalue weighted by atomic mass is 127. The van der Waals surface area contributed by atoms with Crippen molar-refractivity contribution in [1.29, 1.82) is 0 Å². The summed E-state index contributed by atoms with van der Waals surface area (Å²) < 4.78 is 0. The fourth-order valence-corrected chi connectivity index (χ4v) is 3.19. The molecular weight excluding hydrogens is 439 g/mol. The number of amides is 1. The Morgan fingerprint density at radius 3 is 2.73 bits per heavy atom. The summed E-state index contributed by atoms with van der Waals surface area (Å²) in [6.07, 6.45) is 1.54. The molecule has 0 spiro atoms. The van der Waals surface area contributed by atoms with Crippen LogP contribution in [0, 0.1) is 6.92 Å². The summed E-state index contributed by atoms with van der Waals surface area (Å²) in [4.78, 5) is 18.1. The van der Waals surface area contributed by atoms with Crippen LogP contribution in [0.2, 0.25) is 0 Å². The van der Waals surface area contributed by atoms with E-state index in [4.69, 9.17) is 0 Å². The van der Waals surface area contributed by atoms with Gasteiger partial charge in [0.25, 0.3) is 0 Å². The van der Waals surface area contributed by atoms with Gasteiger partial charge in [-0.25, -0.2) is 0 Å². The van der Waals surface area contributed by atoms with Gasteiger partial charge < -0.3 is 15.5 Å². The van der Waals surface area contributed by atoms with Crippen LogP contribution in [0.3, 0.4) is 0 Å². The lowest BCUT2D eigenvalue weighted by molar-refractivity contribution is -0.129. The van der Waals surface area contributed by atoms with Gasteiger partial charge in [0.05, 0.1) is 0 Å². The van der Waals surface area contributed by atoms with Crippen LogP contribution in [0.15, 0.2) is 29.3 Å². The molecule has 0 aromatic heterocycles. The lowest BCUT2D eigenvalue weighted by atomic mass is 9.84. The van der Waals surface area contributed by atoms with E-state index in [0.29, 0.717) is 6.42 Å². The number of aryl methyl sites for hydroxylation is 1. The van der Waals surface area contributed by atoms with Crippen molar-refractivity contribution in [2.45, 2.75) is 52.0 Å². The van der Waals surface area contributed by atoms with E-state index in [1.807, 2.05) is 11.8 Å². The van der Waals surface area contributed by atoms with Crippen LogP contribution in [0.5, 0.6) is 0 Å². The summed E-state index contributed by atoms with van der Waals surface area (Å²) in [5, 5.41) is 6.90. The predicted molar refractivity (Wildman–Crippen MR) is 119 cm³/mol. The molecule has 1 aliphatic rings. The largest absolute Gasteiger partial charge is 0.356 e. The number of nitrogens with one attached hydrogen (secondary N) is 2. The molecule has 1 aromatic carbocycles. The van der Waals surface area contributed by atoms with Crippen LogP contribution in [-0.2, 0) is 10.2 Å². The van der Waals surface area contributed by atoms with Crippen molar-refractivity contribution in [3.8, 4) is 0 Å². The number of rotatable bonds is 5. The monoisotopic (exact) mass is 472 g/mol. The number of hydrogen-bond donors (Lipinski definition) is 2. The van der Waals surface area contributed by atoms with Gasteiger partial charge in [-0.2, -0.15) is 0 Å². The van der Waals surface area contributed by atoms with Gasteiger partial charge in [0.15, 0.2) is 5.96 Å². The van der Waals surface area contributed by atoms with E-state index in [2.05, 4.69) is 60.7 Å². The van der Waals surface area contributed by atoms with E-state index in [1.54, 1.807) is 7.05 Å². The fraction of sp³-hybridized carbons (Fsp3) is 0.600. The third kappa shape index (κ3) is 6.14. The van der Waals surface area contributed by atoms with Gasteiger partial charge in [-0.05, 0) is 18.9 Å². The van der Waals surface area contributed by atoms with E-state index in [-0.39, 0.29) is 41.3 Å². The lowest BCUT2D eigenvalue weighted by Gasteiger charge is -2.28.